The maximum absolute atomic E-state index is 12.7. The average Bonchev–Trinajstić information content (AvgIpc) is 3.43. The third kappa shape index (κ3) is 4.59. The number of furan rings is 1. The van der Waals surface area contributed by atoms with Gasteiger partial charge in [-0.2, -0.15) is 0 Å². The van der Waals surface area contributed by atoms with Crippen LogP contribution in [0.4, 0.5) is 5.82 Å². The van der Waals surface area contributed by atoms with E-state index >= 15 is 0 Å². The number of aromatic nitrogens is 2. The van der Waals surface area contributed by atoms with Crippen LogP contribution >= 0.6 is 11.6 Å². The quantitative estimate of drug-likeness (QED) is 0.530. The first-order valence-corrected chi connectivity index (χ1v) is 10.9. The van der Waals surface area contributed by atoms with Crippen LogP contribution in [0, 0.1) is 5.92 Å². The van der Waals surface area contributed by atoms with Gasteiger partial charge in [-0.25, -0.2) is 9.97 Å². The van der Waals surface area contributed by atoms with E-state index in [-0.39, 0.29) is 5.91 Å². The van der Waals surface area contributed by atoms with Crippen molar-refractivity contribution in [3.8, 4) is 11.6 Å². The number of hydrogen-bond acceptors (Lipinski definition) is 5. The third-order valence-corrected chi connectivity index (χ3v) is 5.55. The molecule has 0 radical (unpaired) electrons. The smallest absolute Gasteiger partial charge is 0.224 e. The molecule has 3 aromatic rings. The number of hydrogen-bond donors (Lipinski definition) is 0. The van der Waals surface area contributed by atoms with Gasteiger partial charge >= 0.3 is 0 Å². The van der Waals surface area contributed by atoms with E-state index in [1.54, 1.807) is 6.26 Å². The molecule has 4 rings (SSSR count). The van der Waals surface area contributed by atoms with Crippen molar-refractivity contribution in [1.29, 1.82) is 0 Å². The Kier molecular flexibility index (Phi) is 6.23. The first kappa shape index (κ1) is 20.7. The van der Waals surface area contributed by atoms with Crippen molar-refractivity contribution in [1.82, 2.24) is 14.9 Å². The molecule has 0 aliphatic carbocycles. The van der Waals surface area contributed by atoms with Crippen LogP contribution in [0.2, 0.25) is 5.02 Å². The van der Waals surface area contributed by atoms with E-state index in [0.717, 1.165) is 49.2 Å². The maximum atomic E-state index is 12.7. The van der Waals surface area contributed by atoms with Crippen molar-refractivity contribution in [2.75, 3.05) is 31.1 Å². The molecule has 0 atom stereocenters. The first-order valence-electron chi connectivity index (χ1n) is 10.5. The lowest BCUT2D eigenvalue weighted by molar-refractivity contribution is -0.129. The zero-order chi connectivity index (χ0) is 21.1. The van der Waals surface area contributed by atoms with Gasteiger partial charge in [0.2, 0.25) is 5.91 Å². The zero-order valence-corrected chi connectivity index (χ0v) is 18.2. The number of halogens is 1. The summed E-state index contributed by atoms with van der Waals surface area (Å²) >= 11 is 6.24. The van der Waals surface area contributed by atoms with E-state index in [0.29, 0.717) is 35.5 Å². The Bertz CT molecular complexity index is 1010. The van der Waals surface area contributed by atoms with Crippen LogP contribution in [0.15, 0.2) is 41.0 Å². The monoisotopic (exact) mass is 426 g/mol. The molecule has 1 saturated heterocycles. The highest BCUT2D eigenvalue weighted by Gasteiger charge is 2.22. The summed E-state index contributed by atoms with van der Waals surface area (Å²) in [4.78, 5) is 26.4. The Morgan fingerprint density at radius 3 is 2.73 bits per heavy atom. The number of carbonyl (C=O) groups is 1. The van der Waals surface area contributed by atoms with Crippen LogP contribution in [-0.2, 0) is 4.79 Å². The van der Waals surface area contributed by atoms with Gasteiger partial charge in [0, 0.05) is 43.0 Å². The summed E-state index contributed by atoms with van der Waals surface area (Å²) in [5.74, 6) is 2.57. The van der Waals surface area contributed by atoms with E-state index in [4.69, 9.17) is 21.0 Å². The second-order valence-corrected chi connectivity index (χ2v) is 8.62. The molecule has 0 spiro atoms. The predicted octanol–water partition coefficient (Wildman–Crippen LogP) is 5.02. The summed E-state index contributed by atoms with van der Waals surface area (Å²) in [7, 11) is 0. The molecule has 30 heavy (non-hydrogen) atoms. The summed E-state index contributed by atoms with van der Waals surface area (Å²) in [6.45, 7) is 7.49. The zero-order valence-electron chi connectivity index (χ0n) is 17.5. The van der Waals surface area contributed by atoms with Gasteiger partial charge in [0.1, 0.15) is 5.82 Å². The fraction of sp³-hybridized carbons (Fsp3) is 0.435. The highest BCUT2D eigenvalue weighted by atomic mass is 35.5. The van der Waals surface area contributed by atoms with Crippen molar-refractivity contribution in [2.45, 2.75) is 33.1 Å². The molecule has 1 aliphatic heterocycles. The molecule has 2 aromatic heterocycles. The average molecular weight is 427 g/mol. The number of anilines is 1. The third-order valence-electron chi connectivity index (χ3n) is 5.32. The molecule has 1 fully saturated rings. The van der Waals surface area contributed by atoms with Crippen LogP contribution in [0.25, 0.3) is 22.5 Å². The van der Waals surface area contributed by atoms with Gasteiger partial charge in [0.25, 0.3) is 0 Å². The second kappa shape index (κ2) is 9.04. The standard InChI is InChI=1S/C23H27ClN4O2/c1-16(2)15-28(12-9-21(29)27-10-3-4-11-27)23-18-8-7-17(24)14-19(18)25-22(26-23)20-6-5-13-30-20/h5-8,13-14,16H,3-4,9-12,15H2,1-2H3. The lowest BCUT2D eigenvalue weighted by Gasteiger charge is -2.27. The fourth-order valence-electron chi connectivity index (χ4n) is 3.92. The Hall–Kier alpha value is -2.60. The van der Waals surface area contributed by atoms with E-state index < -0.39 is 0 Å². The molecular weight excluding hydrogens is 400 g/mol. The van der Waals surface area contributed by atoms with E-state index in [2.05, 4.69) is 23.7 Å². The summed E-state index contributed by atoms with van der Waals surface area (Å²) in [5, 5.41) is 1.54. The summed E-state index contributed by atoms with van der Waals surface area (Å²) in [6.07, 6.45) is 4.29. The summed E-state index contributed by atoms with van der Waals surface area (Å²) in [6, 6.07) is 9.32. The number of amides is 1. The van der Waals surface area contributed by atoms with Crippen LogP contribution in [0.1, 0.15) is 33.1 Å². The lowest BCUT2D eigenvalue weighted by Crippen LogP contribution is -2.35. The SMILES string of the molecule is CC(C)CN(CCC(=O)N1CCCC1)c1nc(-c2ccco2)nc2cc(Cl)ccc12. The molecule has 1 aromatic carbocycles. The molecule has 7 heteroatoms. The summed E-state index contributed by atoms with van der Waals surface area (Å²) < 4.78 is 5.54. The van der Waals surface area contributed by atoms with Gasteiger partial charge in [0.15, 0.2) is 11.6 Å². The van der Waals surface area contributed by atoms with Crippen molar-refractivity contribution in [3.63, 3.8) is 0 Å². The number of carbonyl (C=O) groups excluding carboxylic acids is 1. The van der Waals surface area contributed by atoms with Crippen LogP contribution in [-0.4, -0.2) is 47.0 Å². The number of likely N-dealkylation sites (tertiary alicyclic amines) is 1. The van der Waals surface area contributed by atoms with Gasteiger partial charge in [-0.3, -0.25) is 4.79 Å². The van der Waals surface area contributed by atoms with Crippen molar-refractivity contribution >= 4 is 34.2 Å². The molecule has 3 heterocycles. The van der Waals surface area contributed by atoms with Gasteiger partial charge in [-0.15, -0.1) is 0 Å². The Morgan fingerprint density at radius 2 is 2.03 bits per heavy atom. The number of fused-ring (bicyclic) bond motifs is 1. The van der Waals surface area contributed by atoms with Gasteiger partial charge in [0.05, 0.1) is 11.8 Å². The van der Waals surface area contributed by atoms with E-state index in [1.807, 2.05) is 35.2 Å². The molecule has 6 nitrogen and oxygen atoms in total. The molecule has 0 saturated carbocycles. The van der Waals surface area contributed by atoms with E-state index in [9.17, 15) is 4.79 Å². The lowest BCUT2D eigenvalue weighted by atomic mass is 10.1. The molecule has 158 valence electrons. The highest BCUT2D eigenvalue weighted by Crippen LogP contribution is 2.30. The number of nitrogens with zero attached hydrogens (tertiary/aromatic N) is 4. The first-order chi connectivity index (χ1) is 14.5. The molecular formula is C23H27ClN4O2. The van der Waals surface area contributed by atoms with E-state index in [1.165, 1.54) is 0 Å². The van der Waals surface area contributed by atoms with Gasteiger partial charge in [-0.05, 0) is 49.1 Å². The predicted molar refractivity (Wildman–Crippen MR) is 120 cm³/mol. The highest BCUT2D eigenvalue weighted by molar-refractivity contribution is 6.31. The molecule has 1 amide bonds. The minimum Gasteiger partial charge on any atom is -0.461 e. The van der Waals surface area contributed by atoms with Crippen LogP contribution in [0.5, 0.6) is 0 Å². The number of benzene rings is 1. The van der Waals surface area contributed by atoms with Crippen molar-refractivity contribution in [2.24, 2.45) is 5.92 Å². The molecule has 0 unspecified atom stereocenters. The van der Waals surface area contributed by atoms with Crippen LogP contribution < -0.4 is 4.90 Å². The molecule has 0 bridgehead atoms. The van der Waals surface area contributed by atoms with Crippen LogP contribution in [0.3, 0.4) is 0 Å². The minimum atomic E-state index is 0.217. The maximum Gasteiger partial charge on any atom is 0.224 e. The Labute approximate surface area is 181 Å². The van der Waals surface area contributed by atoms with Gasteiger partial charge in [-0.1, -0.05) is 25.4 Å². The fourth-order valence-corrected chi connectivity index (χ4v) is 4.09. The van der Waals surface area contributed by atoms with Gasteiger partial charge < -0.3 is 14.2 Å². The largest absolute Gasteiger partial charge is 0.461 e. The Morgan fingerprint density at radius 1 is 1.23 bits per heavy atom. The second-order valence-electron chi connectivity index (χ2n) is 8.19. The Balaban J connectivity index is 1.70. The topological polar surface area (TPSA) is 62.5 Å². The van der Waals surface area contributed by atoms with Crippen molar-refractivity contribution < 1.29 is 9.21 Å². The van der Waals surface area contributed by atoms with Crippen molar-refractivity contribution in [3.05, 3.63) is 41.6 Å². The summed E-state index contributed by atoms with van der Waals surface area (Å²) in [5.41, 5.74) is 0.763. The normalized spacial score (nSPS) is 14.1. The molecule has 0 N–H and O–H groups in total. The minimum absolute atomic E-state index is 0.217. The molecule has 1 aliphatic rings. The number of rotatable bonds is 7.